The first kappa shape index (κ1) is 19.8. The number of amides is 1. The van der Waals surface area contributed by atoms with Crippen LogP contribution in [0.4, 0.5) is 10.8 Å². The lowest BCUT2D eigenvalue weighted by molar-refractivity contribution is 0.102. The van der Waals surface area contributed by atoms with Gasteiger partial charge in [-0.2, -0.15) is 0 Å². The van der Waals surface area contributed by atoms with Crippen LogP contribution in [0.5, 0.6) is 0 Å². The third-order valence-electron chi connectivity index (χ3n) is 4.04. The van der Waals surface area contributed by atoms with Crippen molar-refractivity contribution >= 4 is 49.8 Å². The second kappa shape index (κ2) is 8.41. The molecule has 2 aromatic rings. The van der Waals surface area contributed by atoms with Gasteiger partial charge in [-0.15, -0.1) is 16.8 Å². The van der Waals surface area contributed by atoms with Crippen LogP contribution in [0.3, 0.4) is 0 Å². The SMILES string of the molecule is C=CCSc1nnc(NC(=O)c2ccc(C)c(N3CCCCS3(=O)=O)c2)s1. The molecule has 1 aromatic heterocycles. The summed E-state index contributed by atoms with van der Waals surface area (Å²) in [5.74, 6) is 0.509. The van der Waals surface area contributed by atoms with Crippen molar-refractivity contribution in [2.45, 2.75) is 24.1 Å². The van der Waals surface area contributed by atoms with Gasteiger partial charge in [0, 0.05) is 17.9 Å². The number of sulfonamides is 1. The molecule has 1 fully saturated rings. The second-order valence-electron chi connectivity index (χ2n) is 6.02. The zero-order chi connectivity index (χ0) is 19.4. The van der Waals surface area contributed by atoms with Gasteiger partial charge in [-0.1, -0.05) is 35.2 Å². The van der Waals surface area contributed by atoms with Gasteiger partial charge in [-0.05, 0) is 37.5 Å². The summed E-state index contributed by atoms with van der Waals surface area (Å²) in [4.78, 5) is 12.6. The molecule has 1 N–H and O–H groups in total. The van der Waals surface area contributed by atoms with Crippen LogP contribution < -0.4 is 9.62 Å². The number of aromatic nitrogens is 2. The first-order valence-electron chi connectivity index (χ1n) is 8.40. The molecule has 1 aliphatic rings. The average molecular weight is 425 g/mol. The average Bonchev–Trinajstić information content (AvgIpc) is 3.07. The summed E-state index contributed by atoms with van der Waals surface area (Å²) in [5, 5.41) is 11.1. The minimum atomic E-state index is -3.34. The molecule has 144 valence electrons. The van der Waals surface area contributed by atoms with Crippen molar-refractivity contribution in [2.75, 3.05) is 27.7 Å². The molecule has 10 heteroatoms. The first-order valence-corrected chi connectivity index (χ1v) is 11.8. The molecule has 0 radical (unpaired) electrons. The molecule has 1 saturated heterocycles. The number of carbonyl (C=O) groups excluding carboxylic acids is 1. The molecule has 27 heavy (non-hydrogen) atoms. The van der Waals surface area contributed by atoms with E-state index in [2.05, 4.69) is 22.1 Å². The van der Waals surface area contributed by atoms with E-state index in [0.29, 0.717) is 35.1 Å². The minimum Gasteiger partial charge on any atom is -0.296 e. The number of nitrogens with zero attached hydrogens (tertiary/aromatic N) is 3. The number of carbonyl (C=O) groups is 1. The number of nitrogens with one attached hydrogen (secondary N) is 1. The number of hydrogen-bond donors (Lipinski definition) is 1. The zero-order valence-electron chi connectivity index (χ0n) is 14.8. The Hall–Kier alpha value is -1.91. The second-order valence-corrected chi connectivity index (χ2v) is 10.3. The lowest BCUT2D eigenvalue weighted by Gasteiger charge is -2.29. The van der Waals surface area contributed by atoms with Gasteiger partial charge in [0.25, 0.3) is 5.91 Å². The Morgan fingerprint density at radius 3 is 2.96 bits per heavy atom. The van der Waals surface area contributed by atoms with Crippen molar-refractivity contribution in [3.63, 3.8) is 0 Å². The van der Waals surface area contributed by atoms with Crippen molar-refractivity contribution in [3.8, 4) is 0 Å². The van der Waals surface area contributed by atoms with E-state index in [-0.39, 0.29) is 11.7 Å². The Labute approximate surface area is 166 Å². The lowest BCUT2D eigenvalue weighted by atomic mass is 10.1. The molecule has 7 nitrogen and oxygen atoms in total. The summed E-state index contributed by atoms with van der Waals surface area (Å²) in [6.45, 7) is 5.93. The largest absolute Gasteiger partial charge is 0.296 e. The molecule has 0 aliphatic carbocycles. The highest BCUT2D eigenvalue weighted by Gasteiger charge is 2.27. The highest BCUT2D eigenvalue weighted by molar-refractivity contribution is 8.01. The van der Waals surface area contributed by atoms with Crippen molar-refractivity contribution in [2.24, 2.45) is 0 Å². The number of anilines is 2. The highest BCUT2D eigenvalue weighted by Crippen LogP contribution is 2.29. The summed E-state index contributed by atoms with van der Waals surface area (Å²) in [6, 6.07) is 5.07. The van der Waals surface area contributed by atoms with E-state index in [0.717, 1.165) is 16.3 Å². The molecular weight excluding hydrogens is 404 g/mol. The Morgan fingerprint density at radius 2 is 2.22 bits per heavy atom. The molecule has 1 aromatic carbocycles. The predicted octanol–water partition coefficient (Wildman–Crippen LogP) is 3.31. The minimum absolute atomic E-state index is 0.138. The van der Waals surface area contributed by atoms with E-state index >= 15 is 0 Å². The van der Waals surface area contributed by atoms with Crippen LogP contribution in [-0.2, 0) is 10.0 Å². The van der Waals surface area contributed by atoms with E-state index in [1.807, 2.05) is 6.92 Å². The Morgan fingerprint density at radius 1 is 1.41 bits per heavy atom. The number of thioether (sulfide) groups is 1. The maximum Gasteiger partial charge on any atom is 0.257 e. The number of benzene rings is 1. The highest BCUT2D eigenvalue weighted by atomic mass is 32.2. The molecule has 3 rings (SSSR count). The molecule has 1 aliphatic heterocycles. The molecule has 0 saturated carbocycles. The third kappa shape index (κ3) is 4.69. The molecule has 0 atom stereocenters. The van der Waals surface area contributed by atoms with Crippen molar-refractivity contribution in [1.82, 2.24) is 10.2 Å². The van der Waals surface area contributed by atoms with Crippen molar-refractivity contribution < 1.29 is 13.2 Å². The van der Waals surface area contributed by atoms with Gasteiger partial charge in [0.2, 0.25) is 15.2 Å². The molecule has 2 heterocycles. The fourth-order valence-electron chi connectivity index (χ4n) is 2.70. The van der Waals surface area contributed by atoms with Crippen molar-refractivity contribution in [3.05, 3.63) is 42.0 Å². The van der Waals surface area contributed by atoms with Gasteiger partial charge < -0.3 is 0 Å². The third-order valence-corrected chi connectivity index (χ3v) is 7.86. The summed E-state index contributed by atoms with van der Waals surface area (Å²) in [7, 11) is -3.34. The number of hydrogen-bond acceptors (Lipinski definition) is 7. The predicted molar refractivity (Wildman–Crippen MR) is 110 cm³/mol. The summed E-state index contributed by atoms with van der Waals surface area (Å²) in [6.07, 6.45) is 3.25. The Balaban J connectivity index is 1.79. The fraction of sp³-hybridized carbons (Fsp3) is 0.353. The monoisotopic (exact) mass is 424 g/mol. The standard InChI is InChI=1S/C17H20N4O3S3/c1-3-9-25-17-20-19-16(26-17)18-15(22)13-7-6-12(2)14(11-13)21-8-4-5-10-27(21,23)24/h3,6-7,11H,1,4-5,8-10H2,2H3,(H,18,19,22). The van der Waals surface area contributed by atoms with Gasteiger partial charge in [0.15, 0.2) is 4.34 Å². The molecule has 0 unspecified atom stereocenters. The van der Waals surface area contributed by atoms with Crippen molar-refractivity contribution in [1.29, 1.82) is 0 Å². The van der Waals surface area contributed by atoms with Crippen LogP contribution in [0.15, 0.2) is 35.2 Å². The quantitative estimate of drug-likeness (QED) is 0.434. The maximum absolute atomic E-state index is 12.6. The normalized spacial score (nSPS) is 16.1. The fourth-order valence-corrected chi connectivity index (χ4v) is 5.90. The summed E-state index contributed by atoms with van der Waals surface area (Å²) < 4.78 is 26.9. The number of rotatable bonds is 6. The first-order chi connectivity index (χ1) is 12.9. The molecule has 0 spiro atoms. The van der Waals surface area contributed by atoms with Gasteiger partial charge >= 0.3 is 0 Å². The van der Waals surface area contributed by atoms with Crippen LogP contribution in [0, 0.1) is 6.92 Å². The zero-order valence-corrected chi connectivity index (χ0v) is 17.3. The van der Waals surface area contributed by atoms with E-state index in [4.69, 9.17) is 0 Å². The topological polar surface area (TPSA) is 92.3 Å². The van der Waals surface area contributed by atoms with E-state index in [1.165, 1.54) is 27.4 Å². The van der Waals surface area contributed by atoms with Gasteiger partial charge in [-0.25, -0.2) is 8.42 Å². The van der Waals surface area contributed by atoms with E-state index in [9.17, 15) is 13.2 Å². The van der Waals surface area contributed by atoms with Gasteiger partial charge in [0.1, 0.15) is 0 Å². The van der Waals surface area contributed by atoms with Crippen LogP contribution >= 0.6 is 23.1 Å². The molecular formula is C17H20N4O3S3. The summed E-state index contributed by atoms with van der Waals surface area (Å²) in [5.41, 5.74) is 1.75. The van der Waals surface area contributed by atoms with Crippen LogP contribution in [-0.4, -0.2) is 42.6 Å². The number of aryl methyl sites for hydroxylation is 1. The smallest absolute Gasteiger partial charge is 0.257 e. The summed E-state index contributed by atoms with van der Waals surface area (Å²) >= 11 is 2.77. The molecule has 0 bridgehead atoms. The molecule has 1 amide bonds. The van der Waals surface area contributed by atoms with E-state index < -0.39 is 10.0 Å². The van der Waals surface area contributed by atoms with Gasteiger partial charge in [-0.3, -0.25) is 14.4 Å². The Bertz CT molecular complexity index is 956. The maximum atomic E-state index is 12.6. The van der Waals surface area contributed by atoms with Crippen LogP contribution in [0.2, 0.25) is 0 Å². The lowest BCUT2D eigenvalue weighted by Crippen LogP contribution is -2.38. The van der Waals surface area contributed by atoms with Gasteiger partial charge in [0.05, 0.1) is 11.4 Å². The van der Waals surface area contributed by atoms with Crippen LogP contribution in [0.25, 0.3) is 0 Å². The van der Waals surface area contributed by atoms with Crippen LogP contribution in [0.1, 0.15) is 28.8 Å². The van der Waals surface area contributed by atoms with E-state index in [1.54, 1.807) is 24.3 Å². The Kier molecular flexibility index (Phi) is 6.18.